The Labute approximate surface area is 119 Å². The quantitative estimate of drug-likeness (QED) is 0.595. The first kappa shape index (κ1) is 16.4. The second kappa shape index (κ2) is 5.78. The zero-order chi connectivity index (χ0) is 15.6. The van der Waals surface area contributed by atoms with Gasteiger partial charge in [-0.05, 0) is 34.1 Å². The summed E-state index contributed by atoms with van der Waals surface area (Å²) in [6.07, 6.45) is 0.683. The molecule has 20 heavy (non-hydrogen) atoms. The van der Waals surface area contributed by atoms with Crippen LogP contribution in [0, 0.1) is 0 Å². The summed E-state index contributed by atoms with van der Waals surface area (Å²) < 4.78 is 0. The van der Waals surface area contributed by atoms with E-state index in [1.807, 2.05) is 13.8 Å². The van der Waals surface area contributed by atoms with Crippen molar-refractivity contribution in [2.24, 2.45) is 5.73 Å². The first-order chi connectivity index (χ1) is 9.09. The molecule has 7 heteroatoms. The molecule has 0 bridgehead atoms. The molecule has 1 heterocycles. The van der Waals surface area contributed by atoms with Crippen molar-refractivity contribution in [1.29, 1.82) is 0 Å². The molecular weight excluding hydrogens is 260 g/mol. The average molecular weight is 284 g/mol. The minimum Gasteiger partial charge on any atom is -0.350 e. The number of carbonyl (C=O) groups excluding carboxylic acids is 3. The zero-order valence-electron chi connectivity index (χ0n) is 12.6. The second-order valence-corrected chi connectivity index (χ2v) is 6.25. The van der Waals surface area contributed by atoms with Crippen LogP contribution in [0.1, 0.15) is 40.5 Å². The summed E-state index contributed by atoms with van der Waals surface area (Å²) in [6, 6.07) is -0.400. The van der Waals surface area contributed by atoms with Gasteiger partial charge in [-0.1, -0.05) is 0 Å². The van der Waals surface area contributed by atoms with E-state index in [0.717, 1.165) is 4.90 Å². The van der Waals surface area contributed by atoms with Crippen molar-refractivity contribution >= 4 is 17.8 Å². The average Bonchev–Trinajstić information content (AvgIpc) is 2.50. The Balaban J connectivity index is 2.40. The summed E-state index contributed by atoms with van der Waals surface area (Å²) in [6.45, 7) is 7.58. The third-order valence-corrected chi connectivity index (χ3v) is 3.22. The van der Waals surface area contributed by atoms with Crippen molar-refractivity contribution in [2.75, 3.05) is 13.1 Å². The SMILES string of the molecule is CC(C)(CN)NC(=O)CCCN1C(=O)NC(C)(C)C1=O. The number of amides is 4. The highest BCUT2D eigenvalue weighted by Gasteiger charge is 2.43. The second-order valence-electron chi connectivity index (χ2n) is 6.25. The Bertz CT molecular complexity index is 418. The van der Waals surface area contributed by atoms with E-state index in [2.05, 4.69) is 10.6 Å². The highest BCUT2D eigenvalue weighted by atomic mass is 16.2. The maximum Gasteiger partial charge on any atom is 0.325 e. The molecule has 0 aromatic rings. The fraction of sp³-hybridized carbons (Fsp3) is 0.769. The largest absolute Gasteiger partial charge is 0.350 e. The molecule has 0 saturated carbocycles. The van der Waals surface area contributed by atoms with E-state index >= 15 is 0 Å². The third kappa shape index (κ3) is 3.93. The standard InChI is InChI=1S/C13H24N4O3/c1-12(2,8-14)15-9(18)6-5-7-17-10(19)13(3,4)16-11(17)20/h5-8,14H2,1-4H3,(H,15,18)(H,16,20). The number of hydrogen-bond donors (Lipinski definition) is 3. The van der Waals surface area contributed by atoms with Gasteiger partial charge in [-0.15, -0.1) is 0 Å². The Hall–Kier alpha value is -1.63. The van der Waals surface area contributed by atoms with Crippen LogP contribution in [-0.4, -0.2) is 46.9 Å². The van der Waals surface area contributed by atoms with Gasteiger partial charge in [0, 0.05) is 25.0 Å². The van der Waals surface area contributed by atoms with Gasteiger partial charge in [0.15, 0.2) is 0 Å². The van der Waals surface area contributed by atoms with Gasteiger partial charge in [-0.2, -0.15) is 0 Å². The number of nitrogens with two attached hydrogens (primary N) is 1. The molecule has 1 aliphatic heterocycles. The molecule has 0 aromatic heterocycles. The van der Waals surface area contributed by atoms with Crippen LogP contribution in [0.25, 0.3) is 0 Å². The Morgan fingerprint density at radius 3 is 2.45 bits per heavy atom. The highest BCUT2D eigenvalue weighted by molar-refractivity contribution is 6.06. The van der Waals surface area contributed by atoms with E-state index in [1.54, 1.807) is 13.8 Å². The molecule has 1 rings (SSSR count). The lowest BCUT2D eigenvalue weighted by molar-refractivity contribution is -0.130. The normalized spacial score (nSPS) is 18.1. The van der Waals surface area contributed by atoms with E-state index in [1.165, 1.54) is 0 Å². The minimum atomic E-state index is -0.860. The van der Waals surface area contributed by atoms with Crippen molar-refractivity contribution in [1.82, 2.24) is 15.5 Å². The van der Waals surface area contributed by atoms with Crippen LogP contribution in [0.3, 0.4) is 0 Å². The highest BCUT2D eigenvalue weighted by Crippen LogP contribution is 2.17. The summed E-state index contributed by atoms with van der Waals surface area (Å²) in [5, 5.41) is 5.40. The van der Waals surface area contributed by atoms with Crippen LogP contribution < -0.4 is 16.4 Å². The first-order valence-electron chi connectivity index (χ1n) is 6.74. The van der Waals surface area contributed by atoms with Gasteiger partial charge in [0.05, 0.1) is 0 Å². The lowest BCUT2D eigenvalue weighted by Crippen LogP contribution is -2.49. The monoisotopic (exact) mass is 284 g/mol. The van der Waals surface area contributed by atoms with Crippen molar-refractivity contribution in [3.05, 3.63) is 0 Å². The molecule has 114 valence electrons. The summed E-state index contributed by atoms with van der Waals surface area (Å²) in [5.41, 5.74) is 4.22. The Kier molecular flexibility index (Phi) is 4.75. The van der Waals surface area contributed by atoms with E-state index in [9.17, 15) is 14.4 Å². The van der Waals surface area contributed by atoms with Crippen LogP contribution >= 0.6 is 0 Å². The number of urea groups is 1. The number of nitrogens with zero attached hydrogens (tertiary/aromatic N) is 1. The Morgan fingerprint density at radius 1 is 1.40 bits per heavy atom. The van der Waals surface area contributed by atoms with Gasteiger partial charge in [-0.25, -0.2) is 4.79 Å². The fourth-order valence-electron chi connectivity index (χ4n) is 1.91. The molecule has 4 amide bonds. The molecule has 1 fully saturated rings. The fourth-order valence-corrected chi connectivity index (χ4v) is 1.91. The van der Waals surface area contributed by atoms with Crippen LogP contribution in [0.4, 0.5) is 4.79 Å². The number of imide groups is 1. The molecule has 0 aromatic carbocycles. The van der Waals surface area contributed by atoms with Crippen molar-refractivity contribution < 1.29 is 14.4 Å². The smallest absolute Gasteiger partial charge is 0.325 e. The maximum absolute atomic E-state index is 11.9. The predicted molar refractivity (Wildman–Crippen MR) is 74.8 cm³/mol. The molecule has 0 spiro atoms. The zero-order valence-corrected chi connectivity index (χ0v) is 12.6. The summed E-state index contributed by atoms with van der Waals surface area (Å²) in [7, 11) is 0. The Morgan fingerprint density at radius 2 is 2.00 bits per heavy atom. The lowest BCUT2D eigenvalue weighted by Gasteiger charge is -2.24. The van der Waals surface area contributed by atoms with Crippen LogP contribution in [0.5, 0.6) is 0 Å². The van der Waals surface area contributed by atoms with Crippen LogP contribution in [0.15, 0.2) is 0 Å². The van der Waals surface area contributed by atoms with Gasteiger partial charge < -0.3 is 16.4 Å². The summed E-state index contributed by atoms with van der Waals surface area (Å²) in [5.74, 6) is -0.392. The van der Waals surface area contributed by atoms with Gasteiger partial charge in [0.1, 0.15) is 5.54 Å². The number of hydrogen-bond acceptors (Lipinski definition) is 4. The van der Waals surface area contributed by atoms with Crippen molar-refractivity contribution in [3.63, 3.8) is 0 Å². The predicted octanol–water partition coefficient (Wildman–Crippen LogP) is -0.0495. The van der Waals surface area contributed by atoms with E-state index in [4.69, 9.17) is 5.73 Å². The molecule has 0 radical (unpaired) electrons. The molecule has 1 saturated heterocycles. The molecule has 7 nitrogen and oxygen atoms in total. The molecule has 0 unspecified atom stereocenters. The number of nitrogens with one attached hydrogen (secondary N) is 2. The molecule has 1 aliphatic rings. The molecule has 0 atom stereocenters. The summed E-state index contributed by atoms with van der Waals surface area (Å²) in [4.78, 5) is 36.4. The van der Waals surface area contributed by atoms with Crippen LogP contribution in [0.2, 0.25) is 0 Å². The molecule has 4 N–H and O–H groups in total. The maximum atomic E-state index is 11.9. The van der Waals surface area contributed by atoms with Gasteiger partial charge in [0.25, 0.3) is 5.91 Å². The van der Waals surface area contributed by atoms with E-state index in [0.29, 0.717) is 13.0 Å². The molecular formula is C13H24N4O3. The summed E-state index contributed by atoms with van der Waals surface area (Å²) >= 11 is 0. The topological polar surface area (TPSA) is 105 Å². The van der Waals surface area contributed by atoms with Gasteiger partial charge >= 0.3 is 6.03 Å². The van der Waals surface area contributed by atoms with E-state index < -0.39 is 17.1 Å². The van der Waals surface area contributed by atoms with Crippen LogP contribution in [-0.2, 0) is 9.59 Å². The minimum absolute atomic E-state index is 0.133. The first-order valence-corrected chi connectivity index (χ1v) is 6.74. The van der Waals surface area contributed by atoms with Crippen molar-refractivity contribution in [3.8, 4) is 0 Å². The number of rotatable bonds is 6. The van der Waals surface area contributed by atoms with Gasteiger partial charge in [-0.3, -0.25) is 14.5 Å². The van der Waals surface area contributed by atoms with E-state index in [-0.39, 0.29) is 24.8 Å². The van der Waals surface area contributed by atoms with Gasteiger partial charge in [0.2, 0.25) is 5.91 Å². The molecule has 0 aliphatic carbocycles. The van der Waals surface area contributed by atoms with Crippen molar-refractivity contribution in [2.45, 2.75) is 51.6 Å². The number of carbonyl (C=O) groups is 3. The lowest BCUT2D eigenvalue weighted by atomic mass is 10.1. The third-order valence-electron chi connectivity index (χ3n) is 3.22.